The van der Waals surface area contributed by atoms with Crippen LogP contribution in [0.1, 0.15) is 0 Å². The quantitative estimate of drug-likeness (QED) is 0.489. The molecule has 1 rings (SSSR count). The van der Waals surface area contributed by atoms with E-state index in [4.69, 9.17) is 4.74 Å². The summed E-state index contributed by atoms with van der Waals surface area (Å²) in [5.41, 5.74) is 0. The van der Waals surface area contributed by atoms with Gasteiger partial charge in [0.1, 0.15) is 11.6 Å². The lowest BCUT2D eigenvalue weighted by Gasteiger charge is -1.72. The molecular formula is C6H8OP+. The lowest BCUT2D eigenvalue weighted by molar-refractivity contribution is 0.432. The van der Waals surface area contributed by atoms with E-state index in [1.165, 1.54) is 0 Å². The third kappa shape index (κ3) is 1.29. The van der Waals surface area contributed by atoms with E-state index in [0.29, 0.717) is 0 Å². The molecule has 0 fully saturated rings. The Hall–Kier alpha value is -0.390. The molecule has 0 saturated carbocycles. The molecule has 0 aliphatic carbocycles. The Morgan fingerprint density at radius 3 is 2.50 bits per heavy atom. The molecule has 2 heteroatoms. The molecular weight excluding hydrogens is 119 g/mol. The molecule has 0 saturated heterocycles. The van der Waals surface area contributed by atoms with E-state index < -0.39 is 0 Å². The Morgan fingerprint density at radius 2 is 2.00 bits per heavy atom. The minimum atomic E-state index is -0.154. The molecule has 0 aromatic rings. The van der Waals surface area contributed by atoms with Gasteiger partial charge in [0.25, 0.3) is 0 Å². The first-order chi connectivity index (χ1) is 3.93. The normalized spacial score (nSPS) is 15.4. The van der Waals surface area contributed by atoms with Gasteiger partial charge in [-0.15, -0.1) is 0 Å². The molecule has 8 heavy (non-hydrogen) atoms. The van der Waals surface area contributed by atoms with Gasteiger partial charge in [0.05, 0.1) is 0 Å². The minimum Gasteiger partial charge on any atom is -0.319 e. The van der Waals surface area contributed by atoms with Gasteiger partial charge in [0.15, 0.2) is 7.55 Å². The third-order valence-corrected chi connectivity index (χ3v) is 2.34. The molecule has 1 heterocycles. The minimum absolute atomic E-state index is 0.154. The van der Waals surface area contributed by atoms with Crippen molar-refractivity contribution >= 4 is 13.5 Å². The van der Waals surface area contributed by atoms with E-state index in [0.717, 1.165) is 0 Å². The van der Waals surface area contributed by atoms with Crippen molar-refractivity contribution in [1.29, 1.82) is 0 Å². The van der Waals surface area contributed by atoms with Gasteiger partial charge in [0.2, 0.25) is 5.98 Å². The van der Waals surface area contributed by atoms with E-state index in [1.54, 1.807) is 7.11 Å². The fourth-order valence-corrected chi connectivity index (χ4v) is 1.62. The lowest BCUT2D eigenvalue weighted by atomic mass is 10.6. The van der Waals surface area contributed by atoms with Crippen LogP contribution in [0.3, 0.4) is 0 Å². The molecule has 0 unspecified atom stereocenters. The Balaban J connectivity index is 2.60. The predicted octanol–water partition coefficient (Wildman–Crippen LogP) is 1.92. The Kier molecular flexibility index (Phi) is 2.01. The smallest absolute Gasteiger partial charge is 0.222 e. The highest BCUT2D eigenvalue weighted by Gasteiger charge is 2.01. The average molecular weight is 127 g/mol. The first kappa shape index (κ1) is 5.74. The van der Waals surface area contributed by atoms with Gasteiger partial charge in [-0.3, -0.25) is 0 Å². The molecule has 0 atom stereocenters. The van der Waals surface area contributed by atoms with Crippen LogP contribution in [0.15, 0.2) is 23.8 Å². The summed E-state index contributed by atoms with van der Waals surface area (Å²) in [6.45, 7) is 0. The number of methoxy groups -OCH3 is 1. The summed E-state index contributed by atoms with van der Waals surface area (Å²) >= 11 is 0. The Bertz CT molecular complexity index is 142. The Labute approximate surface area is 50.1 Å². The van der Waals surface area contributed by atoms with Gasteiger partial charge in [-0.05, 0) is 12.2 Å². The zero-order valence-corrected chi connectivity index (χ0v) is 5.64. The van der Waals surface area contributed by atoms with E-state index >= 15 is 0 Å². The third-order valence-electron chi connectivity index (χ3n) is 0.855. The number of hydrogen-bond donors (Lipinski definition) is 0. The number of allylic oxidation sites excluding steroid dienone is 2. The summed E-state index contributed by atoms with van der Waals surface area (Å²) in [6, 6.07) is 0. The van der Waals surface area contributed by atoms with Gasteiger partial charge in [-0.2, -0.15) is 0 Å². The van der Waals surface area contributed by atoms with Crippen LogP contribution in [0.4, 0.5) is 0 Å². The predicted molar refractivity (Wildman–Crippen MR) is 38.3 cm³/mol. The van der Waals surface area contributed by atoms with Crippen molar-refractivity contribution < 1.29 is 4.74 Å². The van der Waals surface area contributed by atoms with Crippen molar-refractivity contribution in [3.8, 4) is 0 Å². The maximum Gasteiger partial charge on any atom is 0.222 e. The molecule has 42 valence electrons. The second-order valence-electron chi connectivity index (χ2n) is 1.47. The van der Waals surface area contributed by atoms with Gasteiger partial charge in [0, 0.05) is 7.11 Å². The monoisotopic (exact) mass is 127 g/mol. The topological polar surface area (TPSA) is 9.23 Å². The highest BCUT2D eigenvalue weighted by molar-refractivity contribution is 7.63. The zero-order valence-electron chi connectivity index (χ0n) is 4.74. The molecule has 1 aliphatic rings. The van der Waals surface area contributed by atoms with E-state index in [1.807, 2.05) is 18.1 Å². The van der Waals surface area contributed by atoms with Crippen LogP contribution in [0.25, 0.3) is 0 Å². The number of hydrogen-bond acceptors (Lipinski definition) is 1. The van der Waals surface area contributed by atoms with E-state index in [9.17, 15) is 0 Å². The highest BCUT2D eigenvalue weighted by Crippen LogP contribution is 2.29. The molecule has 1 aliphatic heterocycles. The molecule has 0 radical (unpaired) electrons. The molecule has 0 spiro atoms. The van der Waals surface area contributed by atoms with Crippen LogP contribution in [0.2, 0.25) is 0 Å². The average Bonchev–Trinajstić information content (AvgIpc) is 2.19. The summed E-state index contributed by atoms with van der Waals surface area (Å²) in [5.74, 6) is 6.13. The van der Waals surface area contributed by atoms with Crippen molar-refractivity contribution in [1.82, 2.24) is 0 Å². The first-order valence-corrected chi connectivity index (χ1v) is 3.97. The van der Waals surface area contributed by atoms with Crippen molar-refractivity contribution in [2.45, 2.75) is 0 Å². The number of rotatable bonds is 1. The van der Waals surface area contributed by atoms with Crippen molar-refractivity contribution in [3.63, 3.8) is 0 Å². The van der Waals surface area contributed by atoms with Crippen molar-refractivity contribution in [2.75, 3.05) is 7.11 Å². The second-order valence-corrected chi connectivity index (χ2v) is 3.17. The second kappa shape index (κ2) is 2.81. The SMILES string of the molecule is COC=[P+]1C=CC=C1. The van der Waals surface area contributed by atoms with Gasteiger partial charge >= 0.3 is 0 Å². The summed E-state index contributed by atoms with van der Waals surface area (Å²) in [4.78, 5) is 0. The largest absolute Gasteiger partial charge is 0.319 e. The van der Waals surface area contributed by atoms with Crippen LogP contribution in [0, 0.1) is 0 Å². The summed E-state index contributed by atoms with van der Waals surface area (Å²) in [6.07, 6.45) is 4.09. The fraction of sp³-hybridized carbons (Fsp3) is 0.167. The fourth-order valence-electron chi connectivity index (χ4n) is 0.540. The zero-order chi connectivity index (χ0) is 5.82. The maximum absolute atomic E-state index is 4.83. The molecule has 1 nitrogen and oxygen atoms in total. The summed E-state index contributed by atoms with van der Waals surface area (Å²) < 4.78 is 4.83. The highest BCUT2D eigenvalue weighted by atomic mass is 31.1. The van der Waals surface area contributed by atoms with Crippen LogP contribution in [-0.4, -0.2) is 13.1 Å². The number of ether oxygens (including phenoxy) is 1. The van der Waals surface area contributed by atoms with Gasteiger partial charge in [-0.25, -0.2) is 0 Å². The molecule has 0 aromatic carbocycles. The summed E-state index contributed by atoms with van der Waals surface area (Å²) in [5, 5.41) is 0. The van der Waals surface area contributed by atoms with Crippen LogP contribution in [-0.2, 0) is 4.74 Å². The van der Waals surface area contributed by atoms with Gasteiger partial charge < -0.3 is 4.74 Å². The van der Waals surface area contributed by atoms with Crippen LogP contribution in [0.5, 0.6) is 0 Å². The summed E-state index contributed by atoms with van der Waals surface area (Å²) in [7, 11) is 1.53. The van der Waals surface area contributed by atoms with Crippen LogP contribution >= 0.6 is 7.55 Å². The standard InChI is InChI=1S/C6H8OP/c1-7-6-8-4-2-3-5-8/h2-6H,1H3/q+1. The van der Waals surface area contributed by atoms with E-state index in [2.05, 4.69) is 11.6 Å². The van der Waals surface area contributed by atoms with Crippen LogP contribution < -0.4 is 0 Å². The molecule has 0 N–H and O–H groups in total. The molecule has 0 amide bonds. The van der Waals surface area contributed by atoms with Crippen molar-refractivity contribution in [3.05, 3.63) is 23.8 Å². The van der Waals surface area contributed by atoms with E-state index in [-0.39, 0.29) is 7.55 Å². The van der Waals surface area contributed by atoms with Crippen molar-refractivity contribution in [2.24, 2.45) is 0 Å². The Morgan fingerprint density at radius 1 is 1.38 bits per heavy atom. The molecule has 0 bridgehead atoms. The van der Waals surface area contributed by atoms with Gasteiger partial charge in [-0.1, -0.05) is 0 Å². The molecule has 0 aromatic heterocycles. The first-order valence-electron chi connectivity index (χ1n) is 2.42. The lowest BCUT2D eigenvalue weighted by Crippen LogP contribution is -1.69. The maximum atomic E-state index is 4.83.